The highest BCUT2D eigenvalue weighted by Crippen LogP contribution is 2.04. The summed E-state index contributed by atoms with van der Waals surface area (Å²) in [5.41, 5.74) is 11.3. The average molecular weight is 196 g/mol. The largest absolute Gasteiger partial charge is 0.398 e. The summed E-state index contributed by atoms with van der Waals surface area (Å²) in [7, 11) is 0. The summed E-state index contributed by atoms with van der Waals surface area (Å²) in [6.07, 6.45) is 6.34. The van der Waals surface area contributed by atoms with Crippen molar-refractivity contribution in [2.45, 2.75) is 0 Å². The van der Waals surface area contributed by atoms with Gasteiger partial charge < -0.3 is 16.9 Å². The number of alkyl halides is 1. The number of nitrogens with one attached hydrogen (secondary N) is 2. The Kier molecular flexibility index (Phi) is 5.69. The van der Waals surface area contributed by atoms with E-state index in [0.29, 0.717) is 5.57 Å². The minimum Gasteiger partial charge on any atom is -0.398 e. The highest BCUT2D eigenvalue weighted by atomic mass is 19.1. The van der Waals surface area contributed by atoms with Gasteiger partial charge in [-0.3, -0.25) is 5.41 Å². The summed E-state index contributed by atoms with van der Waals surface area (Å²) in [4.78, 5) is 0. The van der Waals surface area contributed by atoms with E-state index >= 15 is 0 Å². The van der Waals surface area contributed by atoms with Gasteiger partial charge in [-0.1, -0.05) is 12.2 Å². The van der Waals surface area contributed by atoms with Crippen molar-refractivity contribution >= 4 is 12.1 Å². The Labute approximate surface area is 81.8 Å². The molecule has 0 aliphatic carbocycles. The molecule has 0 saturated carbocycles. The molecular weight excluding hydrogens is 183 g/mol. The van der Waals surface area contributed by atoms with E-state index in [1.165, 1.54) is 24.3 Å². The quantitative estimate of drug-likeness (QED) is 0.298. The van der Waals surface area contributed by atoms with E-state index in [4.69, 9.17) is 22.3 Å². The fourth-order valence-electron chi connectivity index (χ4n) is 0.760. The third-order valence-electron chi connectivity index (χ3n) is 1.29. The lowest BCUT2D eigenvalue weighted by Crippen LogP contribution is -2.10. The average Bonchev–Trinajstić information content (AvgIpc) is 2.10. The van der Waals surface area contributed by atoms with Crippen LogP contribution in [-0.2, 0) is 0 Å². The predicted molar refractivity (Wildman–Crippen MR) is 56.2 cm³/mol. The Morgan fingerprint density at radius 2 is 2.00 bits per heavy atom. The van der Waals surface area contributed by atoms with Gasteiger partial charge in [-0.25, -0.2) is 4.39 Å². The van der Waals surface area contributed by atoms with E-state index in [9.17, 15) is 4.39 Å². The van der Waals surface area contributed by atoms with Gasteiger partial charge in [0.15, 0.2) is 0 Å². The van der Waals surface area contributed by atoms with Crippen LogP contribution in [0.5, 0.6) is 0 Å². The Morgan fingerprint density at radius 3 is 2.43 bits per heavy atom. The lowest BCUT2D eigenvalue weighted by molar-refractivity contribution is 0.561. The minimum atomic E-state index is -0.608. The van der Waals surface area contributed by atoms with Crippen LogP contribution in [0.15, 0.2) is 35.6 Å². The second-order valence-electron chi connectivity index (χ2n) is 2.40. The molecule has 6 N–H and O–H groups in total. The maximum absolute atomic E-state index is 11.8. The molecule has 0 heterocycles. The van der Waals surface area contributed by atoms with Crippen LogP contribution in [0.25, 0.3) is 0 Å². The maximum Gasteiger partial charge on any atom is 0.117 e. The molecule has 0 bridgehead atoms. The number of hydrogen-bond acceptors (Lipinski definition) is 3. The summed E-state index contributed by atoms with van der Waals surface area (Å²) in [6, 6.07) is 0. The molecule has 0 rings (SSSR count). The molecule has 0 unspecified atom stereocenters. The molecule has 0 saturated heterocycles. The molecule has 0 fully saturated rings. The second-order valence-corrected chi connectivity index (χ2v) is 2.40. The van der Waals surface area contributed by atoms with Crippen LogP contribution >= 0.6 is 0 Å². The predicted octanol–water partition coefficient (Wildman–Crippen LogP) is 0.867. The SMILES string of the molecule is N=C/C=C(\C=C/CF)C(N)=CC(=N)N. The number of allylic oxidation sites excluding steroid dienone is 3. The Bertz CT molecular complexity index is 302. The van der Waals surface area contributed by atoms with Gasteiger partial charge in [-0.15, -0.1) is 0 Å². The minimum absolute atomic E-state index is 0.188. The lowest BCUT2D eigenvalue weighted by Gasteiger charge is -2.00. The molecule has 0 aromatic rings. The molecule has 14 heavy (non-hydrogen) atoms. The van der Waals surface area contributed by atoms with E-state index in [0.717, 1.165) is 6.21 Å². The summed E-state index contributed by atoms with van der Waals surface area (Å²) in [5, 5.41) is 13.8. The van der Waals surface area contributed by atoms with Crippen molar-refractivity contribution in [3.05, 3.63) is 35.6 Å². The van der Waals surface area contributed by atoms with Crippen molar-refractivity contribution in [1.82, 2.24) is 0 Å². The van der Waals surface area contributed by atoms with Crippen molar-refractivity contribution in [2.75, 3.05) is 6.67 Å². The fourth-order valence-corrected chi connectivity index (χ4v) is 0.760. The smallest absolute Gasteiger partial charge is 0.117 e. The lowest BCUT2D eigenvalue weighted by atomic mass is 10.1. The highest BCUT2D eigenvalue weighted by Gasteiger charge is 1.96. The van der Waals surface area contributed by atoms with Crippen molar-refractivity contribution in [3.63, 3.8) is 0 Å². The first-order valence-corrected chi connectivity index (χ1v) is 3.86. The molecular formula is C9H13FN4. The van der Waals surface area contributed by atoms with Crippen LogP contribution in [0, 0.1) is 10.8 Å². The molecule has 4 nitrogen and oxygen atoms in total. The van der Waals surface area contributed by atoms with Gasteiger partial charge in [0.1, 0.15) is 12.5 Å². The van der Waals surface area contributed by atoms with E-state index in [1.54, 1.807) is 0 Å². The normalized spacial score (nSPS) is 13.2. The highest BCUT2D eigenvalue weighted by molar-refractivity contribution is 5.90. The fraction of sp³-hybridized carbons (Fsp3) is 0.111. The van der Waals surface area contributed by atoms with Gasteiger partial charge in [0.05, 0.1) is 0 Å². The second kappa shape index (κ2) is 6.59. The van der Waals surface area contributed by atoms with Crippen molar-refractivity contribution in [1.29, 1.82) is 10.8 Å². The maximum atomic E-state index is 11.8. The third-order valence-corrected chi connectivity index (χ3v) is 1.29. The number of halogens is 1. The first-order chi connectivity index (χ1) is 6.61. The van der Waals surface area contributed by atoms with Gasteiger partial charge in [-0.2, -0.15) is 0 Å². The van der Waals surface area contributed by atoms with Crippen molar-refractivity contribution < 1.29 is 4.39 Å². The van der Waals surface area contributed by atoms with Gasteiger partial charge in [0, 0.05) is 18.0 Å². The van der Waals surface area contributed by atoms with E-state index < -0.39 is 6.67 Å². The topological polar surface area (TPSA) is 99.7 Å². The van der Waals surface area contributed by atoms with Crippen LogP contribution in [0.4, 0.5) is 4.39 Å². The monoisotopic (exact) mass is 196 g/mol. The third kappa shape index (κ3) is 4.87. The number of amidine groups is 1. The molecule has 0 amide bonds. The number of rotatable bonds is 5. The van der Waals surface area contributed by atoms with E-state index in [1.807, 2.05) is 0 Å². The van der Waals surface area contributed by atoms with Crippen LogP contribution in [0.1, 0.15) is 0 Å². The number of nitrogens with two attached hydrogens (primary N) is 2. The van der Waals surface area contributed by atoms with E-state index in [2.05, 4.69) is 0 Å². The molecule has 0 radical (unpaired) electrons. The Morgan fingerprint density at radius 1 is 1.36 bits per heavy atom. The summed E-state index contributed by atoms with van der Waals surface area (Å²) in [6.45, 7) is -0.608. The van der Waals surface area contributed by atoms with Crippen LogP contribution in [-0.4, -0.2) is 18.7 Å². The zero-order chi connectivity index (χ0) is 11.0. The van der Waals surface area contributed by atoms with E-state index in [-0.39, 0.29) is 11.5 Å². The number of hydrogen-bond donors (Lipinski definition) is 4. The standard InChI is InChI=1S/C9H13FN4/c10-4-1-2-7(3-5-11)8(12)6-9(13)14/h1-3,5-6,11H,4,12H2,(H3,13,14)/b2-1-,7-3+,8-6?,11-5?. The zero-order valence-corrected chi connectivity index (χ0v) is 7.63. The molecule has 0 aromatic carbocycles. The Hall–Kier alpha value is -1.91. The van der Waals surface area contributed by atoms with Crippen LogP contribution in [0.3, 0.4) is 0 Å². The zero-order valence-electron chi connectivity index (χ0n) is 7.63. The molecule has 0 atom stereocenters. The molecule has 0 aliphatic rings. The molecule has 5 heteroatoms. The van der Waals surface area contributed by atoms with Gasteiger partial charge in [-0.05, 0) is 11.6 Å². The molecule has 0 aromatic heterocycles. The van der Waals surface area contributed by atoms with Crippen molar-refractivity contribution in [3.8, 4) is 0 Å². The summed E-state index contributed by atoms with van der Waals surface area (Å²) in [5.74, 6) is -0.188. The van der Waals surface area contributed by atoms with Crippen LogP contribution < -0.4 is 11.5 Å². The summed E-state index contributed by atoms with van der Waals surface area (Å²) >= 11 is 0. The van der Waals surface area contributed by atoms with Crippen molar-refractivity contribution in [2.24, 2.45) is 11.5 Å². The van der Waals surface area contributed by atoms with Gasteiger partial charge in [0.2, 0.25) is 0 Å². The Balaban J connectivity index is 4.84. The first kappa shape index (κ1) is 12.1. The molecule has 0 aliphatic heterocycles. The molecule has 76 valence electrons. The first-order valence-electron chi connectivity index (χ1n) is 3.86. The van der Waals surface area contributed by atoms with Gasteiger partial charge in [0.25, 0.3) is 0 Å². The van der Waals surface area contributed by atoms with Gasteiger partial charge >= 0.3 is 0 Å². The summed E-state index contributed by atoms with van der Waals surface area (Å²) < 4.78 is 11.8. The molecule has 0 spiro atoms. The van der Waals surface area contributed by atoms with Crippen LogP contribution in [0.2, 0.25) is 0 Å².